The van der Waals surface area contributed by atoms with Gasteiger partial charge in [0.2, 0.25) is 5.91 Å². The van der Waals surface area contributed by atoms with Crippen molar-refractivity contribution in [2.75, 3.05) is 18.0 Å². The molecule has 114 valence electrons. The standard InChI is InChI=1S/C14H19N3O3S/c1-9(2)5-6-16-13(18)8-21(19)14-17-11-4-3-10(15)7-12(11)20-14/h3-4,7,9H,5-6,8,15H2,1-2H3,(H,16,18). The summed E-state index contributed by atoms with van der Waals surface area (Å²) in [7, 11) is -1.60. The van der Waals surface area contributed by atoms with Gasteiger partial charge in [0.25, 0.3) is 5.22 Å². The Morgan fingerprint density at radius 1 is 1.48 bits per heavy atom. The first-order valence-electron chi connectivity index (χ1n) is 6.77. The molecule has 0 saturated carbocycles. The Labute approximate surface area is 125 Å². The van der Waals surface area contributed by atoms with E-state index >= 15 is 0 Å². The minimum Gasteiger partial charge on any atom is -0.430 e. The maximum absolute atomic E-state index is 12.1. The van der Waals surface area contributed by atoms with Crippen molar-refractivity contribution in [1.29, 1.82) is 0 Å². The number of amides is 1. The number of rotatable bonds is 6. The zero-order chi connectivity index (χ0) is 15.4. The summed E-state index contributed by atoms with van der Waals surface area (Å²) in [5.74, 6) is 0.0921. The number of benzene rings is 1. The van der Waals surface area contributed by atoms with Crippen molar-refractivity contribution in [2.24, 2.45) is 5.92 Å². The van der Waals surface area contributed by atoms with E-state index in [4.69, 9.17) is 10.2 Å². The third kappa shape index (κ3) is 4.29. The van der Waals surface area contributed by atoms with Gasteiger partial charge in [0, 0.05) is 18.3 Å². The second-order valence-corrected chi connectivity index (χ2v) is 6.56. The summed E-state index contributed by atoms with van der Waals surface area (Å²) >= 11 is 0. The molecule has 0 fully saturated rings. The Bertz CT molecular complexity index is 667. The van der Waals surface area contributed by atoms with Crippen molar-refractivity contribution in [3.8, 4) is 0 Å². The number of oxazole rings is 1. The minimum atomic E-state index is -1.60. The predicted molar refractivity (Wildman–Crippen MR) is 82.2 cm³/mol. The van der Waals surface area contributed by atoms with E-state index < -0.39 is 10.8 Å². The fourth-order valence-corrected chi connectivity index (χ4v) is 2.60. The molecule has 0 bridgehead atoms. The molecule has 6 nitrogen and oxygen atoms in total. The molecule has 7 heteroatoms. The van der Waals surface area contributed by atoms with Gasteiger partial charge < -0.3 is 15.5 Å². The Morgan fingerprint density at radius 3 is 2.95 bits per heavy atom. The molecule has 0 spiro atoms. The number of nitrogens with zero attached hydrogens (tertiary/aromatic N) is 1. The van der Waals surface area contributed by atoms with E-state index in [1.165, 1.54) is 0 Å². The summed E-state index contributed by atoms with van der Waals surface area (Å²) in [6.07, 6.45) is 0.889. The van der Waals surface area contributed by atoms with Crippen LogP contribution in [0.5, 0.6) is 0 Å². The van der Waals surface area contributed by atoms with E-state index in [2.05, 4.69) is 24.1 Å². The molecule has 0 aliphatic carbocycles. The topological polar surface area (TPSA) is 98.2 Å². The average molecular weight is 309 g/mol. The Balaban J connectivity index is 1.97. The number of anilines is 1. The molecule has 0 aliphatic rings. The zero-order valence-corrected chi connectivity index (χ0v) is 12.9. The van der Waals surface area contributed by atoms with Gasteiger partial charge >= 0.3 is 0 Å². The maximum atomic E-state index is 12.1. The third-order valence-electron chi connectivity index (χ3n) is 2.89. The number of nitrogen functional groups attached to an aromatic ring is 1. The van der Waals surface area contributed by atoms with Gasteiger partial charge in [-0.1, -0.05) is 13.8 Å². The fraction of sp³-hybridized carbons (Fsp3) is 0.429. The molecule has 1 heterocycles. The molecule has 21 heavy (non-hydrogen) atoms. The van der Waals surface area contributed by atoms with Crippen molar-refractivity contribution >= 4 is 33.5 Å². The van der Waals surface area contributed by atoms with E-state index in [1.807, 2.05) is 0 Å². The Morgan fingerprint density at radius 2 is 2.24 bits per heavy atom. The molecule has 0 saturated heterocycles. The summed E-state index contributed by atoms with van der Waals surface area (Å²) in [5.41, 5.74) is 7.23. The van der Waals surface area contributed by atoms with E-state index in [-0.39, 0.29) is 16.9 Å². The molecule has 1 aromatic heterocycles. The highest BCUT2D eigenvalue weighted by Gasteiger charge is 2.16. The summed E-state index contributed by atoms with van der Waals surface area (Å²) in [4.78, 5) is 15.8. The molecule has 0 radical (unpaired) electrons. The van der Waals surface area contributed by atoms with Gasteiger partial charge in [-0.25, -0.2) is 9.19 Å². The Hall–Kier alpha value is -1.89. The highest BCUT2D eigenvalue weighted by molar-refractivity contribution is 7.85. The normalized spacial score (nSPS) is 12.7. The van der Waals surface area contributed by atoms with E-state index in [0.717, 1.165) is 6.42 Å². The molecular weight excluding hydrogens is 290 g/mol. The van der Waals surface area contributed by atoms with Crippen LogP contribution in [0.1, 0.15) is 20.3 Å². The lowest BCUT2D eigenvalue weighted by Gasteiger charge is -2.05. The number of fused-ring (bicyclic) bond motifs is 1. The number of nitrogens with one attached hydrogen (secondary N) is 1. The highest BCUT2D eigenvalue weighted by atomic mass is 32.2. The quantitative estimate of drug-likeness (QED) is 0.791. The van der Waals surface area contributed by atoms with Crippen LogP contribution in [0.15, 0.2) is 27.8 Å². The predicted octanol–water partition coefficient (Wildman–Crippen LogP) is 1.68. The number of nitrogens with two attached hydrogens (primary N) is 1. The molecule has 3 N–H and O–H groups in total. The monoisotopic (exact) mass is 309 g/mol. The molecule has 2 rings (SSSR count). The summed E-state index contributed by atoms with van der Waals surface area (Å²) < 4.78 is 17.5. The lowest BCUT2D eigenvalue weighted by atomic mass is 10.1. The molecule has 1 aromatic carbocycles. The molecule has 1 amide bonds. The van der Waals surface area contributed by atoms with Gasteiger partial charge in [-0.05, 0) is 24.5 Å². The van der Waals surface area contributed by atoms with Crippen molar-refractivity contribution in [3.05, 3.63) is 18.2 Å². The highest BCUT2D eigenvalue weighted by Crippen LogP contribution is 2.20. The van der Waals surface area contributed by atoms with Crippen LogP contribution in [0.3, 0.4) is 0 Å². The second-order valence-electron chi connectivity index (χ2n) is 5.23. The van der Waals surface area contributed by atoms with E-state index in [1.54, 1.807) is 18.2 Å². The Kier molecular flexibility index (Phi) is 4.95. The van der Waals surface area contributed by atoms with Crippen LogP contribution < -0.4 is 11.1 Å². The van der Waals surface area contributed by atoms with Gasteiger partial charge in [0.05, 0.1) is 0 Å². The number of hydrogen-bond acceptors (Lipinski definition) is 5. The fourth-order valence-electron chi connectivity index (χ4n) is 1.75. The van der Waals surface area contributed by atoms with Gasteiger partial charge in [0.15, 0.2) is 5.58 Å². The minimum absolute atomic E-state index is 0.0506. The zero-order valence-electron chi connectivity index (χ0n) is 12.1. The van der Waals surface area contributed by atoms with Crippen LogP contribution in [-0.4, -0.2) is 27.4 Å². The molecule has 0 aliphatic heterocycles. The van der Waals surface area contributed by atoms with Crippen LogP contribution in [0.2, 0.25) is 0 Å². The number of carbonyl (C=O) groups is 1. The smallest absolute Gasteiger partial charge is 0.288 e. The van der Waals surface area contributed by atoms with Crippen molar-refractivity contribution in [2.45, 2.75) is 25.5 Å². The molecule has 2 aromatic rings. The average Bonchev–Trinajstić information content (AvgIpc) is 2.81. The first-order chi connectivity index (χ1) is 9.95. The summed E-state index contributed by atoms with van der Waals surface area (Å²) in [5, 5.41) is 2.79. The molecular formula is C14H19N3O3S. The van der Waals surface area contributed by atoms with Gasteiger partial charge in [-0.2, -0.15) is 0 Å². The first-order valence-corrected chi connectivity index (χ1v) is 8.08. The number of carbonyl (C=O) groups excluding carboxylic acids is 1. The second kappa shape index (κ2) is 6.71. The van der Waals surface area contributed by atoms with Crippen molar-refractivity contribution < 1.29 is 13.4 Å². The van der Waals surface area contributed by atoms with E-state index in [0.29, 0.717) is 29.2 Å². The summed E-state index contributed by atoms with van der Waals surface area (Å²) in [6, 6.07) is 5.00. The first kappa shape index (κ1) is 15.5. The lowest BCUT2D eigenvalue weighted by Crippen LogP contribution is -2.29. The van der Waals surface area contributed by atoms with Crippen LogP contribution in [0.4, 0.5) is 5.69 Å². The van der Waals surface area contributed by atoms with Gasteiger partial charge in [0.1, 0.15) is 22.1 Å². The van der Waals surface area contributed by atoms with Crippen LogP contribution >= 0.6 is 0 Å². The maximum Gasteiger partial charge on any atom is 0.288 e. The number of aromatic nitrogens is 1. The third-order valence-corrected chi connectivity index (χ3v) is 3.98. The van der Waals surface area contributed by atoms with Crippen LogP contribution in [-0.2, 0) is 15.6 Å². The summed E-state index contributed by atoms with van der Waals surface area (Å²) in [6.45, 7) is 4.74. The van der Waals surface area contributed by atoms with E-state index in [9.17, 15) is 9.00 Å². The molecule has 1 atom stereocenters. The van der Waals surface area contributed by atoms with Crippen molar-refractivity contribution in [1.82, 2.24) is 10.3 Å². The number of hydrogen-bond donors (Lipinski definition) is 2. The van der Waals surface area contributed by atoms with Gasteiger partial charge in [-0.15, -0.1) is 0 Å². The lowest BCUT2D eigenvalue weighted by molar-refractivity contribution is -0.118. The molecule has 1 unspecified atom stereocenters. The SMILES string of the molecule is CC(C)CCNC(=O)CS(=O)c1nc2ccc(N)cc2o1. The van der Waals surface area contributed by atoms with Crippen molar-refractivity contribution in [3.63, 3.8) is 0 Å². The van der Waals surface area contributed by atoms with Crippen LogP contribution in [0, 0.1) is 5.92 Å². The van der Waals surface area contributed by atoms with Crippen LogP contribution in [0.25, 0.3) is 11.1 Å². The van der Waals surface area contributed by atoms with Gasteiger partial charge in [-0.3, -0.25) is 4.79 Å². The largest absolute Gasteiger partial charge is 0.430 e.